The van der Waals surface area contributed by atoms with Crippen molar-refractivity contribution in [3.05, 3.63) is 82.4 Å². The summed E-state index contributed by atoms with van der Waals surface area (Å²) in [6, 6.07) is 11.3. The summed E-state index contributed by atoms with van der Waals surface area (Å²) in [5.74, 6) is -0.738. The maximum Gasteiger partial charge on any atom is 0.416 e. The summed E-state index contributed by atoms with van der Waals surface area (Å²) in [7, 11) is -8.29. The van der Waals surface area contributed by atoms with Gasteiger partial charge in [0.05, 0.1) is 39.3 Å². The van der Waals surface area contributed by atoms with Gasteiger partial charge in [0.15, 0.2) is 0 Å². The van der Waals surface area contributed by atoms with E-state index >= 15 is 0 Å². The monoisotopic (exact) mass is 617 g/mol. The summed E-state index contributed by atoms with van der Waals surface area (Å²) in [6.45, 7) is 2.58. The quantitative estimate of drug-likeness (QED) is 0.395. The number of carbonyl (C=O) groups is 1. The second-order valence-electron chi connectivity index (χ2n) is 8.77. The third-order valence-electron chi connectivity index (χ3n) is 6.01. The zero-order valence-electron chi connectivity index (χ0n) is 20.8. The van der Waals surface area contributed by atoms with Gasteiger partial charge in [-0.2, -0.15) is 17.5 Å². The van der Waals surface area contributed by atoms with Crippen molar-refractivity contribution in [2.24, 2.45) is 0 Å². The Kier molecular flexibility index (Phi) is 8.47. The molecule has 4 rings (SSSR count). The number of nitrogens with zero attached hydrogens (tertiary/aromatic N) is 1. The van der Waals surface area contributed by atoms with Crippen LogP contribution >= 0.6 is 11.6 Å². The molecule has 0 aliphatic carbocycles. The molecule has 15 heteroatoms. The van der Waals surface area contributed by atoms with E-state index in [0.717, 1.165) is 18.2 Å². The van der Waals surface area contributed by atoms with Crippen LogP contribution in [0.25, 0.3) is 0 Å². The Hall–Kier alpha value is -3.17. The second kappa shape index (κ2) is 11.4. The van der Waals surface area contributed by atoms with Gasteiger partial charge >= 0.3 is 6.18 Å². The maximum absolute atomic E-state index is 13.1. The fourth-order valence-corrected chi connectivity index (χ4v) is 6.59. The normalized spacial score (nSPS) is 15.0. The van der Waals surface area contributed by atoms with E-state index in [-0.39, 0.29) is 47.5 Å². The average Bonchev–Trinajstić information content (AvgIpc) is 2.91. The Morgan fingerprint density at radius 1 is 0.925 bits per heavy atom. The van der Waals surface area contributed by atoms with Gasteiger partial charge in [0.2, 0.25) is 10.0 Å². The first-order chi connectivity index (χ1) is 18.7. The van der Waals surface area contributed by atoms with E-state index in [1.807, 2.05) is 4.72 Å². The number of rotatable bonds is 7. The number of halogens is 4. The number of benzene rings is 3. The summed E-state index contributed by atoms with van der Waals surface area (Å²) >= 11 is 5.91. The highest BCUT2D eigenvalue weighted by molar-refractivity contribution is 7.92. The van der Waals surface area contributed by atoms with Crippen molar-refractivity contribution in [1.82, 2.24) is 4.31 Å². The van der Waals surface area contributed by atoms with Crippen molar-refractivity contribution >= 4 is 48.9 Å². The molecule has 1 amide bonds. The van der Waals surface area contributed by atoms with Crippen LogP contribution in [0.1, 0.15) is 21.5 Å². The van der Waals surface area contributed by atoms with Crippen molar-refractivity contribution in [1.29, 1.82) is 0 Å². The molecule has 3 aromatic rings. The van der Waals surface area contributed by atoms with E-state index in [0.29, 0.717) is 17.7 Å². The molecule has 1 fully saturated rings. The van der Waals surface area contributed by atoms with Crippen LogP contribution in [-0.4, -0.2) is 53.4 Å². The summed E-state index contributed by atoms with van der Waals surface area (Å²) in [4.78, 5) is 12.6. The molecule has 0 radical (unpaired) electrons. The van der Waals surface area contributed by atoms with Crippen molar-refractivity contribution in [3.8, 4) is 0 Å². The Balaban J connectivity index is 1.57. The van der Waals surface area contributed by atoms with Crippen molar-refractivity contribution in [2.45, 2.75) is 22.9 Å². The molecular formula is C25H23ClF3N3O6S2. The number of alkyl halides is 3. The lowest BCUT2D eigenvalue weighted by atomic mass is 10.1. The van der Waals surface area contributed by atoms with Gasteiger partial charge in [-0.05, 0) is 61.0 Å². The van der Waals surface area contributed by atoms with Gasteiger partial charge in [-0.3, -0.25) is 9.52 Å². The second-order valence-corrected chi connectivity index (χ2v) is 12.8. The summed E-state index contributed by atoms with van der Waals surface area (Å²) in [5, 5.41) is 2.34. The third kappa shape index (κ3) is 6.58. The number of anilines is 2. The topological polar surface area (TPSA) is 122 Å². The first kappa shape index (κ1) is 29.8. The molecule has 0 bridgehead atoms. The van der Waals surface area contributed by atoms with Crippen molar-refractivity contribution in [2.75, 3.05) is 36.3 Å². The van der Waals surface area contributed by atoms with Crippen molar-refractivity contribution < 1.29 is 39.5 Å². The summed E-state index contributed by atoms with van der Waals surface area (Å²) < 4.78 is 99.7. The van der Waals surface area contributed by atoms with Crippen LogP contribution in [0.15, 0.2) is 70.5 Å². The van der Waals surface area contributed by atoms with Gasteiger partial charge in [0.1, 0.15) is 0 Å². The molecular weight excluding hydrogens is 595 g/mol. The number of ether oxygens (including phenoxy) is 1. The Morgan fingerprint density at radius 2 is 1.62 bits per heavy atom. The molecule has 9 nitrogen and oxygen atoms in total. The SMILES string of the molecule is Cc1ccc(S(=O)(=O)N2CCOCC2)cc1NC(=O)c1cccc(S(=O)(=O)Nc2cc(C(F)(F)F)ccc2Cl)c1. The molecule has 0 spiro atoms. The van der Waals surface area contributed by atoms with Crippen LogP contribution in [0.4, 0.5) is 24.5 Å². The van der Waals surface area contributed by atoms with E-state index in [4.69, 9.17) is 16.3 Å². The molecule has 3 aromatic carbocycles. The maximum atomic E-state index is 13.1. The fraction of sp³-hybridized carbons (Fsp3) is 0.240. The van der Waals surface area contributed by atoms with E-state index in [2.05, 4.69) is 5.32 Å². The number of carbonyl (C=O) groups excluding carboxylic acids is 1. The minimum Gasteiger partial charge on any atom is -0.379 e. The molecule has 0 unspecified atom stereocenters. The Morgan fingerprint density at radius 3 is 2.30 bits per heavy atom. The van der Waals surface area contributed by atoms with Gasteiger partial charge < -0.3 is 10.1 Å². The van der Waals surface area contributed by atoms with E-state index in [1.54, 1.807) is 6.92 Å². The number of hydrogen-bond donors (Lipinski definition) is 2. The Bertz CT molecular complexity index is 1660. The van der Waals surface area contributed by atoms with Crippen molar-refractivity contribution in [3.63, 3.8) is 0 Å². The molecule has 214 valence electrons. The number of hydrogen-bond acceptors (Lipinski definition) is 6. The Labute approximate surface area is 234 Å². The zero-order chi connectivity index (χ0) is 29.3. The molecule has 40 heavy (non-hydrogen) atoms. The van der Waals surface area contributed by atoms with Gasteiger partial charge in [0, 0.05) is 24.3 Å². The van der Waals surface area contributed by atoms with E-state index in [1.165, 1.54) is 34.6 Å². The number of nitrogens with one attached hydrogen (secondary N) is 2. The minimum atomic E-state index is -4.72. The minimum absolute atomic E-state index is 0.0335. The van der Waals surface area contributed by atoms with Gasteiger partial charge in [-0.15, -0.1) is 0 Å². The number of aryl methyl sites for hydroxylation is 1. The van der Waals surface area contributed by atoms with Crippen LogP contribution in [0, 0.1) is 6.92 Å². The largest absolute Gasteiger partial charge is 0.416 e. The fourth-order valence-electron chi connectivity index (χ4n) is 3.81. The predicted molar refractivity (Wildman–Crippen MR) is 142 cm³/mol. The van der Waals surface area contributed by atoms with Crippen LogP contribution in [-0.2, 0) is 31.0 Å². The van der Waals surface area contributed by atoms with Gasteiger partial charge in [0.25, 0.3) is 15.9 Å². The molecule has 0 saturated carbocycles. The standard InChI is InChI=1S/C25H23ClF3N3O6S2/c1-16-5-7-20(40(36,37)32-9-11-38-12-10-32)15-22(16)30-24(33)17-3-2-4-19(13-17)39(34,35)31-23-14-18(25(27,28)29)6-8-21(23)26/h2-8,13-15,31H,9-12H2,1H3,(H,30,33). The van der Waals surface area contributed by atoms with E-state index in [9.17, 15) is 34.8 Å². The molecule has 2 N–H and O–H groups in total. The molecule has 1 aliphatic heterocycles. The van der Waals surface area contributed by atoms with E-state index < -0.39 is 48.3 Å². The lowest BCUT2D eigenvalue weighted by Gasteiger charge is -2.26. The highest BCUT2D eigenvalue weighted by atomic mass is 35.5. The van der Waals surface area contributed by atoms with Gasteiger partial charge in [-0.1, -0.05) is 23.7 Å². The number of amides is 1. The van der Waals surface area contributed by atoms with Gasteiger partial charge in [-0.25, -0.2) is 16.8 Å². The highest BCUT2D eigenvalue weighted by Crippen LogP contribution is 2.34. The molecule has 0 aromatic heterocycles. The lowest BCUT2D eigenvalue weighted by Crippen LogP contribution is -2.40. The first-order valence-electron chi connectivity index (χ1n) is 11.7. The summed E-state index contributed by atoms with van der Waals surface area (Å²) in [5.41, 5.74) is -0.935. The molecule has 1 saturated heterocycles. The van der Waals surface area contributed by atoms with Crippen LogP contribution in [0.3, 0.4) is 0 Å². The number of morpholine rings is 1. The molecule has 1 aliphatic rings. The van der Waals surface area contributed by atoms with Crippen LogP contribution in [0.2, 0.25) is 5.02 Å². The predicted octanol–water partition coefficient (Wildman–Crippen LogP) is 4.74. The smallest absolute Gasteiger partial charge is 0.379 e. The first-order valence-corrected chi connectivity index (χ1v) is 15.0. The van der Waals surface area contributed by atoms with Crippen LogP contribution < -0.4 is 10.0 Å². The highest BCUT2D eigenvalue weighted by Gasteiger charge is 2.32. The zero-order valence-corrected chi connectivity index (χ0v) is 23.2. The number of sulfonamides is 2. The lowest BCUT2D eigenvalue weighted by molar-refractivity contribution is -0.137. The average molecular weight is 618 g/mol. The molecule has 0 atom stereocenters. The third-order valence-corrected chi connectivity index (χ3v) is 9.60. The van der Waals surface area contributed by atoms with Crippen LogP contribution in [0.5, 0.6) is 0 Å². The molecule has 1 heterocycles. The summed E-state index contributed by atoms with van der Waals surface area (Å²) in [6.07, 6.45) is -4.72.